The van der Waals surface area contributed by atoms with Gasteiger partial charge in [0.15, 0.2) is 0 Å². The SMILES string of the molecule is NCCC[C@H](NC(=O)c1ccccc1)C(N)=O. The van der Waals surface area contributed by atoms with Gasteiger partial charge in [-0.3, -0.25) is 9.59 Å². The Morgan fingerprint density at radius 2 is 1.88 bits per heavy atom. The maximum Gasteiger partial charge on any atom is 0.251 e. The molecule has 1 rings (SSSR count). The van der Waals surface area contributed by atoms with E-state index in [1.807, 2.05) is 6.07 Å². The summed E-state index contributed by atoms with van der Waals surface area (Å²) < 4.78 is 0. The molecule has 92 valence electrons. The lowest BCUT2D eigenvalue weighted by Crippen LogP contribution is -2.44. The fourth-order valence-corrected chi connectivity index (χ4v) is 1.44. The highest BCUT2D eigenvalue weighted by Gasteiger charge is 2.17. The summed E-state index contributed by atoms with van der Waals surface area (Å²) in [6, 6.07) is 8.03. The number of benzene rings is 1. The second-order valence-electron chi connectivity index (χ2n) is 3.73. The molecule has 0 aliphatic heterocycles. The van der Waals surface area contributed by atoms with Gasteiger partial charge in [-0.1, -0.05) is 18.2 Å². The lowest BCUT2D eigenvalue weighted by molar-refractivity contribution is -0.120. The molecule has 0 fully saturated rings. The first-order chi connectivity index (χ1) is 8.15. The Kier molecular flexibility index (Phi) is 5.16. The Labute approximate surface area is 100 Å². The highest BCUT2D eigenvalue weighted by atomic mass is 16.2. The number of rotatable bonds is 6. The number of carbonyl (C=O) groups is 2. The molecule has 1 aromatic rings. The van der Waals surface area contributed by atoms with Crippen molar-refractivity contribution in [2.75, 3.05) is 6.54 Å². The van der Waals surface area contributed by atoms with Crippen LogP contribution in [0.4, 0.5) is 0 Å². The van der Waals surface area contributed by atoms with E-state index in [1.54, 1.807) is 24.3 Å². The van der Waals surface area contributed by atoms with Crippen molar-refractivity contribution in [1.29, 1.82) is 0 Å². The summed E-state index contributed by atoms with van der Waals surface area (Å²) in [7, 11) is 0. The van der Waals surface area contributed by atoms with E-state index in [9.17, 15) is 9.59 Å². The Morgan fingerprint density at radius 1 is 1.24 bits per heavy atom. The molecule has 0 heterocycles. The van der Waals surface area contributed by atoms with E-state index >= 15 is 0 Å². The molecule has 0 spiro atoms. The van der Waals surface area contributed by atoms with Gasteiger partial charge in [-0.25, -0.2) is 0 Å². The number of nitrogens with two attached hydrogens (primary N) is 2. The Morgan fingerprint density at radius 3 is 2.41 bits per heavy atom. The third-order valence-corrected chi connectivity index (χ3v) is 2.38. The standard InChI is InChI=1S/C12H17N3O2/c13-8-4-7-10(11(14)16)15-12(17)9-5-2-1-3-6-9/h1-3,5-6,10H,4,7-8,13H2,(H2,14,16)(H,15,17)/t10-/m0/s1. The van der Waals surface area contributed by atoms with Gasteiger partial charge in [0.2, 0.25) is 5.91 Å². The summed E-state index contributed by atoms with van der Waals surface area (Å²) in [5, 5.41) is 2.60. The Bertz CT molecular complexity index is 379. The largest absolute Gasteiger partial charge is 0.368 e. The molecule has 5 heteroatoms. The molecule has 5 nitrogen and oxygen atoms in total. The van der Waals surface area contributed by atoms with Crippen LogP contribution in [-0.2, 0) is 4.79 Å². The van der Waals surface area contributed by atoms with Crippen molar-refractivity contribution in [1.82, 2.24) is 5.32 Å². The number of carbonyl (C=O) groups excluding carboxylic acids is 2. The van der Waals surface area contributed by atoms with Gasteiger partial charge in [0.1, 0.15) is 6.04 Å². The van der Waals surface area contributed by atoms with Crippen molar-refractivity contribution < 1.29 is 9.59 Å². The lowest BCUT2D eigenvalue weighted by atomic mass is 10.1. The zero-order valence-corrected chi connectivity index (χ0v) is 9.56. The van der Waals surface area contributed by atoms with Crippen molar-refractivity contribution >= 4 is 11.8 Å². The minimum Gasteiger partial charge on any atom is -0.368 e. The van der Waals surface area contributed by atoms with Crippen LogP contribution in [0.25, 0.3) is 0 Å². The zero-order valence-electron chi connectivity index (χ0n) is 9.56. The maximum absolute atomic E-state index is 11.8. The average molecular weight is 235 g/mol. The molecule has 0 aliphatic carbocycles. The number of primary amides is 1. The van der Waals surface area contributed by atoms with Gasteiger partial charge in [-0.05, 0) is 31.5 Å². The first-order valence-corrected chi connectivity index (χ1v) is 5.50. The van der Waals surface area contributed by atoms with Crippen LogP contribution < -0.4 is 16.8 Å². The molecular formula is C12H17N3O2. The summed E-state index contributed by atoms with van der Waals surface area (Å²) in [6.45, 7) is 0.463. The summed E-state index contributed by atoms with van der Waals surface area (Å²) in [6.07, 6.45) is 1.10. The fraction of sp³-hybridized carbons (Fsp3) is 0.333. The Hall–Kier alpha value is -1.88. The van der Waals surface area contributed by atoms with Crippen LogP contribution in [0, 0.1) is 0 Å². The summed E-state index contributed by atoms with van der Waals surface area (Å²) in [4.78, 5) is 22.9. The van der Waals surface area contributed by atoms with E-state index in [2.05, 4.69) is 5.32 Å². The minimum absolute atomic E-state index is 0.300. The fourth-order valence-electron chi connectivity index (χ4n) is 1.44. The lowest BCUT2D eigenvalue weighted by Gasteiger charge is -2.14. The second-order valence-corrected chi connectivity index (χ2v) is 3.73. The summed E-state index contributed by atoms with van der Waals surface area (Å²) in [5.41, 5.74) is 11.1. The van der Waals surface area contributed by atoms with Crippen LogP contribution in [0.5, 0.6) is 0 Å². The van der Waals surface area contributed by atoms with Gasteiger partial charge in [0, 0.05) is 5.56 Å². The topological polar surface area (TPSA) is 98.2 Å². The molecule has 0 saturated heterocycles. The molecule has 0 radical (unpaired) electrons. The van der Waals surface area contributed by atoms with Crippen LogP contribution in [0.2, 0.25) is 0 Å². The molecular weight excluding hydrogens is 218 g/mol. The minimum atomic E-state index is -0.661. The molecule has 2 amide bonds. The van der Waals surface area contributed by atoms with Crippen LogP contribution in [0.3, 0.4) is 0 Å². The van der Waals surface area contributed by atoms with Crippen LogP contribution in [-0.4, -0.2) is 24.4 Å². The van der Waals surface area contributed by atoms with Gasteiger partial charge < -0.3 is 16.8 Å². The Balaban J connectivity index is 2.61. The van der Waals surface area contributed by atoms with Crippen LogP contribution in [0.1, 0.15) is 23.2 Å². The molecule has 17 heavy (non-hydrogen) atoms. The van der Waals surface area contributed by atoms with Crippen molar-refractivity contribution in [3.63, 3.8) is 0 Å². The molecule has 1 aromatic carbocycles. The van der Waals surface area contributed by atoms with E-state index in [1.165, 1.54) is 0 Å². The highest BCUT2D eigenvalue weighted by Crippen LogP contribution is 2.01. The molecule has 0 bridgehead atoms. The monoisotopic (exact) mass is 235 g/mol. The first kappa shape index (κ1) is 13.2. The average Bonchev–Trinajstić information content (AvgIpc) is 2.35. The molecule has 0 saturated carbocycles. The molecule has 0 aliphatic rings. The van der Waals surface area contributed by atoms with Gasteiger partial charge in [-0.2, -0.15) is 0 Å². The normalized spacial score (nSPS) is 11.8. The van der Waals surface area contributed by atoms with E-state index in [4.69, 9.17) is 11.5 Å². The van der Waals surface area contributed by atoms with Gasteiger partial charge >= 0.3 is 0 Å². The van der Waals surface area contributed by atoms with Gasteiger partial charge in [0.05, 0.1) is 0 Å². The number of nitrogens with one attached hydrogen (secondary N) is 1. The maximum atomic E-state index is 11.8. The van der Waals surface area contributed by atoms with Crippen molar-refractivity contribution in [3.05, 3.63) is 35.9 Å². The summed E-state index contributed by atoms with van der Waals surface area (Å²) >= 11 is 0. The van der Waals surface area contributed by atoms with Crippen molar-refractivity contribution in [3.8, 4) is 0 Å². The quantitative estimate of drug-likeness (QED) is 0.647. The smallest absolute Gasteiger partial charge is 0.251 e. The van der Waals surface area contributed by atoms with Crippen LogP contribution in [0.15, 0.2) is 30.3 Å². The third kappa shape index (κ3) is 4.24. The zero-order chi connectivity index (χ0) is 12.7. The van der Waals surface area contributed by atoms with E-state index in [0.717, 1.165) is 0 Å². The number of amides is 2. The highest BCUT2D eigenvalue weighted by molar-refractivity contribution is 5.97. The predicted octanol–water partition coefficient (Wildman–Crippen LogP) is 0.00920. The van der Waals surface area contributed by atoms with Crippen molar-refractivity contribution in [2.45, 2.75) is 18.9 Å². The van der Waals surface area contributed by atoms with E-state index < -0.39 is 11.9 Å². The van der Waals surface area contributed by atoms with E-state index in [-0.39, 0.29) is 5.91 Å². The number of hydrogen-bond acceptors (Lipinski definition) is 3. The van der Waals surface area contributed by atoms with Gasteiger partial charge in [-0.15, -0.1) is 0 Å². The van der Waals surface area contributed by atoms with E-state index in [0.29, 0.717) is 24.9 Å². The predicted molar refractivity (Wildman–Crippen MR) is 65.2 cm³/mol. The van der Waals surface area contributed by atoms with Crippen LogP contribution >= 0.6 is 0 Å². The molecule has 0 unspecified atom stereocenters. The molecule has 0 aromatic heterocycles. The molecule has 5 N–H and O–H groups in total. The third-order valence-electron chi connectivity index (χ3n) is 2.38. The molecule has 1 atom stereocenters. The van der Waals surface area contributed by atoms with Gasteiger partial charge in [0.25, 0.3) is 5.91 Å². The first-order valence-electron chi connectivity index (χ1n) is 5.50. The summed E-state index contributed by atoms with van der Waals surface area (Å²) in [5.74, 6) is -0.839. The van der Waals surface area contributed by atoms with Crippen molar-refractivity contribution in [2.24, 2.45) is 11.5 Å². The second kappa shape index (κ2) is 6.65. The number of hydrogen-bond donors (Lipinski definition) is 3.